The van der Waals surface area contributed by atoms with E-state index in [9.17, 15) is 0 Å². The zero-order valence-electron chi connectivity index (χ0n) is 19.5. The fraction of sp³-hybridized carbons (Fsp3) is 0.696. The second-order valence-electron chi connectivity index (χ2n) is 9.13. The SMILES string of the molecule is CN=C(NCc1ccccc1OCCN(C)C)NCC1CCCOC1C(C)(C)C.I. The van der Waals surface area contributed by atoms with Crippen molar-refractivity contribution in [2.45, 2.75) is 46.3 Å². The highest BCUT2D eigenvalue weighted by molar-refractivity contribution is 14.0. The summed E-state index contributed by atoms with van der Waals surface area (Å²) >= 11 is 0. The third kappa shape index (κ3) is 8.98. The fourth-order valence-corrected chi connectivity index (χ4v) is 3.77. The van der Waals surface area contributed by atoms with Crippen LogP contribution in [0.1, 0.15) is 39.2 Å². The average Bonchev–Trinajstić information content (AvgIpc) is 2.68. The summed E-state index contributed by atoms with van der Waals surface area (Å²) in [6, 6.07) is 8.17. The van der Waals surface area contributed by atoms with E-state index in [1.807, 2.05) is 39.3 Å². The van der Waals surface area contributed by atoms with E-state index in [2.05, 4.69) is 47.4 Å². The Morgan fingerprint density at radius 3 is 2.63 bits per heavy atom. The number of rotatable bonds is 8. The lowest BCUT2D eigenvalue weighted by Crippen LogP contribution is -2.47. The van der Waals surface area contributed by atoms with Crippen molar-refractivity contribution >= 4 is 29.9 Å². The Labute approximate surface area is 200 Å². The lowest BCUT2D eigenvalue weighted by molar-refractivity contribution is -0.0835. The molecule has 1 aliphatic heterocycles. The first-order chi connectivity index (χ1) is 13.8. The molecule has 0 aromatic heterocycles. The molecule has 0 aliphatic carbocycles. The van der Waals surface area contributed by atoms with Crippen molar-refractivity contribution in [3.8, 4) is 5.75 Å². The number of benzene rings is 1. The summed E-state index contributed by atoms with van der Waals surface area (Å²) in [6.07, 6.45) is 2.59. The van der Waals surface area contributed by atoms with Gasteiger partial charge in [-0.2, -0.15) is 0 Å². The molecule has 1 fully saturated rings. The highest BCUT2D eigenvalue weighted by atomic mass is 127. The van der Waals surface area contributed by atoms with Crippen molar-refractivity contribution in [3.05, 3.63) is 29.8 Å². The molecule has 0 saturated carbocycles. The van der Waals surface area contributed by atoms with Gasteiger partial charge in [0.2, 0.25) is 0 Å². The number of hydrogen-bond acceptors (Lipinski definition) is 4. The van der Waals surface area contributed by atoms with E-state index in [1.54, 1.807) is 0 Å². The van der Waals surface area contributed by atoms with Crippen molar-refractivity contribution in [3.63, 3.8) is 0 Å². The van der Waals surface area contributed by atoms with Gasteiger partial charge in [-0.05, 0) is 38.4 Å². The summed E-state index contributed by atoms with van der Waals surface area (Å²) in [6.45, 7) is 10.7. The molecule has 30 heavy (non-hydrogen) atoms. The smallest absolute Gasteiger partial charge is 0.191 e. The van der Waals surface area contributed by atoms with Crippen LogP contribution in [0.2, 0.25) is 0 Å². The second-order valence-corrected chi connectivity index (χ2v) is 9.13. The van der Waals surface area contributed by atoms with Gasteiger partial charge < -0.3 is 25.0 Å². The van der Waals surface area contributed by atoms with Gasteiger partial charge in [0, 0.05) is 44.8 Å². The van der Waals surface area contributed by atoms with Crippen LogP contribution in [-0.4, -0.2) is 64.4 Å². The van der Waals surface area contributed by atoms with Gasteiger partial charge in [-0.15, -0.1) is 24.0 Å². The Hall–Kier alpha value is -1.06. The summed E-state index contributed by atoms with van der Waals surface area (Å²) in [5, 5.41) is 6.93. The summed E-state index contributed by atoms with van der Waals surface area (Å²) in [4.78, 5) is 6.51. The zero-order chi connectivity index (χ0) is 21.3. The van der Waals surface area contributed by atoms with Crippen LogP contribution < -0.4 is 15.4 Å². The molecule has 2 unspecified atom stereocenters. The van der Waals surface area contributed by atoms with Crippen LogP contribution in [0.4, 0.5) is 0 Å². The van der Waals surface area contributed by atoms with E-state index in [-0.39, 0.29) is 35.5 Å². The molecule has 1 saturated heterocycles. The van der Waals surface area contributed by atoms with E-state index < -0.39 is 0 Å². The highest BCUT2D eigenvalue weighted by Crippen LogP contribution is 2.33. The van der Waals surface area contributed by atoms with Gasteiger partial charge >= 0.3 is 0 Å². The summed E-state index contributed by atoms with van der Waals surface area (Å²) < 4.78 is 12.1. The lowest BCUT2D eigenvalue weighted by atomic mass is 9.78. The largest absolute Gasteiger partial charge is 0.492 e. The maximum Gasteiger partial charge on any atom is 0.191 e. The molecule has 7 heteroatoms. The van der Waals surface area contributed by atoms with Gasteiger partial charge in [0.05, 0.1) is 6.10 Å². The first kappa shape index (κ1) is 27.0. The number of halogens is 1. The normalized spacial score (nSPS) is 19.9. The minimum Gasteiger partial charge on any atom is -0.492 e. The third-order valence-electron chi connectivity index (χ3n) is 5.27. The monoisotopic (exact) mass is 532 g/mol. The van der Waals surface area contributed by atoms with Crippen molar-refractivity contribution in [1.82, 2.24) is 15.5 Å². The molecule has 6 nitrogen and oxygen atoms in total. The molecule has 0 bridgehead atoms. The minimum absolute atomic E-state index is 0. The Bertz CT molecular complexity index is 646. The number of likely N-dealkylation sites (N-methyl/N-ethyl adjacent to an activating group) is 1. The summed E-state index contributed by atoms with van der Waals surface area (Å²) in [5.41, 5.74) is 1.27. The molecule has 0 radical (unpaired) electrons. The quantitative estimate of drug-likeness (QED) is 0.304. The Kier molecular flexibility index (Phi) is 12.0. The van der Waals surface area contributed by atoms with Gasteiger partial charge in [0.25, 0.3) is 0 Å². The van der Waals surface area contributed by atoms with Crippen LogP contribution in [0.25, 0.3) is 0 Å². The summed E-state index contributed by atoms with van der Waals surface area (Å²) in [5.74, 6) is 2.22. The maximum absolute atomic E-state index is 6.10. The molecule has 1 aliphatic rings. The van der Waals surface area contributed by atoms with Crippen molar-refractivity contribution in [2.75, 3.05) is 47.4 Å². The molecule has 0 spiro atoms. The zero-order valence-corrected chi connectivity index (χ0v) is 21.9. The molecule has 1 aromatic rings. The Morgan fingerprint density at radius 1 is 1.23 bits per heavy atom. The number of guanidine groups is 1. The van der Waals surface area contributed by atoms with Crippen molar-refractivity contribution in [2.24, 2.45) is 16.3 Å². The first-order valence-electron chi connectivity index (χ1n) is 10.7. The minimum atomic E-state index is 0. The molecule has 2 rings (SSSR count). The number of nitrogens with zero attached hydrogens (tertiary/aromatic N) is 2. The molecular formula is C23H41IN4O2. The molecular weight excluding hydrogens is 491 g/mol. The van der Waals surface area contributed by atoms with Crippen LogP contribution in [0.3, 0.4) is 0 Å². The van der Waals surface area contributed by atoms with Crippen LogP contribution in [0.15, 0.2) is 29.3 Å². The van der Waals surface area contributed by atoms with E-state index in [0.717, 1.165) is 43.4 Å². The molecule has 2 N–H and O–H groups in total. The van der Waals surface area contributed by atoms with Crippen LogP contribution in [0.5, 0.6) is 5.75 Å². The van der Waals surface area contributed by atoms with E-state index in [1.165, 1.54) is 6.42 Å². The fourth-order valence-electron chi connectivity index (χ4n) is 3.77. The van der Waals surface area contributed by atoms with Gasteiger partial charge in [0.15, 0.2) is 5.96 Å². The van der Waals surface area contributed by atoms with Gasteiger partial charge in [-0.25, -0.2) is 0 Å². The molecule has 2 atom stereocenters. The molecule has 0 amide bonds. The van der Waals surface area contributed by atoms with Gasteiger partial charge in [-0.1, -0.05) is 39.0 Å². The highest BCUT2D eigenvalue weighted by Gasteiger charge is 2.35. The predicted octanol–water partition coefficient (Wildman–Crippen LogP) is 3.75. The average molecular weight is 533 g/mol. The van der Waals surface area contributed by atoms with Crippen LogP contribution >= 0.6 is 24.0 Å². The first-order valence-corrected chi connectivity index (χ1v) is 10.7. The Balaban J connectivity index is 0.00000450. The number of para-hydroxylation sites is 1. The third-order valence-corrected chi connectivity index (χ3v) is 5.27. The topological polar surface area (TPSA) is 58.1 Å². The van der Waals surface area contributed by atoms with Crippen LogP contribution in [0, 0.1) is 11.3 Å². The number of ether oxygens (including phenoxy) is 2. The van der Waals surface area contributed by atoms with E-state index >= 15 is 0 Å². The number of hydrogen-bond donors (Lipinski definition) is 2. The van der Waals surface area contributed by atoms with Crippen LogP contribution in [-0.2, 0) is 11.3 Å². The van der Waals surface area contributed by atoms with E-state index in [0.29, 0.717) is 19.1 Å². The van der Waals surface area contributed by atoms with Crippen molar-refractivity contribution in [1.29, 1.82) is 0 Å². The van der Waals surface area contributed by atoms with Gasteiger partial charge in [0.1, 0.15) is 12.4 Å². The lowest BCUT2D eigenvalue weighted by Gasteiger charge is -2.40. The predicted molar refractivity (Wildman–Crippen MR) is 136 cm³/mol. The summed E-state index contributed by atoms with van der Waals surface area (Å²) in [7, 11) is 5.91. The number of aliphatic imine (C=N–C) groups is 1. The maximum atomic E-state index is 6.10. The van der Waals surface area contributed by atoms with Gasteiger partial charge in [-0.3, -0.25) is 4.99 Å². The second kappa shape index (κ2) is 13.4. The molecule has 172 valence electrons. The van der Waals surface area contributed by atoms with Crippen molar-refractivity contribution < 1.29 is 9.47 Å². The molecule has 1 heterocycles. The number of nitrogens with one attached hydrogen (secondary N) is 2. The molecule has 1 aromatic carbocycles. The Morgan fingerprint density at radius 2 is 1.97 bits per heavy atom. The van der Waals surface area contributed by atoms with E-state index in [4.69, 9.17) is 9.47 Å². The standard InChI is InChI=1S/C23H40N4O2.HI/c1-23(2,3)21-19(11-9-14-29-21)17-26-22(24-4)25-16-18-10-7-8-12-20(18)28-15-13-27(5)6;/h7-8,10,12,19,21H,9,11,13-17H2,1-6H3,(H2,24,25,26);1H.